The molecule has 0 heterocycles. The van der Waals surface area contributed by atoms with Crippen molar-refractivity contribution in [3.63, 3.8) is 0 Å². The van der Waals surface area contributed by atoms with Crippen LogP contribution in [0, 0.1) is 6.92 Å². The predicted molar refractivity (Wildman–Crippen MR) is 95.1 cm³/mol. The summed E-state index contributed by atoms with van der Waals surface area (Å²) in [6.45, 7) is 3.63. The molecule has 0 aliphatic carbocycles. The van der Waals surface area contributed by atoms with Crippen LogP contribution in [-0.4, -0.2) is 14.3 Å². The first-order valence-corrected chi connectivity index (χ1v) is 9.28. The Morgan fingerprint density at radius 1 is 1.13 bits per heavy atom. The Kier molecular flexibility index (Phi) is 5.43. The first-order valence-electron chi connectivity index (χ1n) is 7.00. The molecule has 0 unspecified atom stereocenters. The standard InChI is InChI=1S/C16H17BrN2O3S/c1-3-16(20)18-12-5-4-6-13(10-12)19-23(21,22)15-8-7-11(2)9-14(15)17/h4-10,19H,3H2,1-2H3,(H,18,20). The van der Waals surface area contributed by atoms with E-state index in [2.05, 4.69) is 26.0 Å². The largest absolute Gasteiger partial charge is 0.326 e. The van der Waals surface area contributed by atoms with Gasteiger partial charge in [-0.15, -0.1) is 0 Å². The maximum absolute atomic E-state index is 12.5. The van der Waals surface area contributed by atoms with Crippen molar-refractivity contribution in [1.82, 2.24) is 0 Å². The molecule has 0 saturated carbocycles. The first-order chi connectivity index (χ1) is 10.8. The number of carbonyl (C=O) groups excluding carboxylic acids is 1. The molecule has 0 fully saturated rings. The van der Waals surface area contributed by atoms with Crippen molar-refractivity contribution in [2.24, 2.45) is 0 Å². The van der Waals surface area contributed by atoms with Gasteiger partial charge in [0.15, 0.2) is 0 Å². The molecule has 23 heavy (non-hydrogen) atoms. The van der Waals surface area contributed by atoms with Crippen LogP contribution >= 0.6 is 15.9 Å². The maximum Gasteiger partial charge on any atom is 0.263 e. The van der Waals surface area contributed by atoms with Gasteiger partial charge in [0.2, 0.25) is 5.91 Å². The lowest BCUT2D eigenvalue weighted by Crippen LogP contribution is -2.14. The van der Waals surface area contributed by atoms with E-state index in [0.29, 0.717) is 22.3 Å². The zero-order valence-corrected chi connectivity index (χ0v) is 15.2. The fourth-order valence-electron chi connectivity index (χ4n) is 1.94. The predicted octanol–water partition coefficient (Wildman–Crippen LogP) is 3.91. The summed E-state index contributed by atoms with van der Waals surface area (Å²) in [7, 11) is -3.72. The van der Waals surface area contributed by atoms with E-state index in [1.165, 1.54) is 0 Å². The number of hydrogen-bond donors (Lipinski definition) is 2. The number of benzene rings is 2. The number of carbonyl (C=O) groups is 1. The Morgan fingerprint density at radius 2 is 1.83 bits per heavy atom. The summed E-state index contributed by atoms with van der Waals surface area (Å²) in [6.07, 6.45) is 0.353. The SMILES string of the molecule is CCC(=O)Nc1cccc(NS(=O)(=O)c2ccc(C)cc2Br)c1. The van der Waals surface area contributed by atoms with E-state index in [4.69, 9.17) is 0 Å². The van der Waals surface area contributed by atoms with Crippen molar-refractivity contribution in [2.75, 3.05) is 10.0 Å². The molecule has 0 aliphatic heterocycles. The second-order valence-electron chi connectivity index (χ2n) is 5.02. The normalized spacial score (nSPS) is 11.1. The second kappa shape index (κ2) is 7.14. The molecule has 0 aliphatic rings. The summed E-state index contributed by atoms with van der Waals surface area (Å²) in [5, 5.41) is 2.69. The molecule has 2 N–H and O–H groups in total. The zero-order valence-electron chi connectivity index (χ0n) is 12.8. The molecule has 0 atom stereocenters. The third-order valence-electron chi connectivity index (χ3n) is 3.10. The van der Waals surface area contributed by atoms with Gasteiger partial charge in [0, 0.05) is 16.6 Å². The summed E-state index contributed by atoms with van der Waals surface area (Å²) in [5.41, 5.74) is 1.88. The van der Waals surface area contributed by atoms with Crippen LogP contribution in [0.25, 0.3) is 0 Å². The average molecular weight is 397 g/mol. The molecule has 1 amide bonds. The van der Waals surface area contributed by atoms with Crippen molar-refractivity contribution in [1.29, 1.82) is 0 Å². The number of amides is 1. The molecule has 0 aromatic heterocycles. The fraction of sp³-hybridized carbons (Fsp3) is 0.188. The summed E-state index contributed by atoms with van der Waals surface area (Å²) < 4.78 is 28.0. The van der Waals surface area contributed by atoms with Crippen molar-refractivity contribution >= 4 is 43.2 Å². The van der Waals surface area contributed by atoms with Crippen LogP contribution in [0.1, 0.15) is 18.9 Å². The Morgan fingerprint density at radius 3 is 2.48 bits per heavy atom. The van der Waals surface area contributed by atoms with Gasteiger partial charge < -0.3 is 5.32 Å². The number of rotatable bonds is 5. The maximum atomic E-state index is 12.5. The molecule has 7 heteroatoms. The van der Waals surface area contributed by atoms with E-state index in [1.54, 1.807) is 49.4 Å². The lowest BCUT2D eigenvalue weighted by molar-refractivity contribution is -0.115. The number of anilines is 2. The highest BCUT2D eigenvalue weighted by Crippen LogP contribution is 2.26. The van der Waals surface area contributed by atoms with E-state index < -0.39 is 10.0 Å². The fourth-order valence-corrected chi connectivity index (χ4v) is 4.19. The van der Waals surface area contributed by atoms with Crippen LogP contribution in [0.4, 0.5) is 11.4 Å². The van der Waals surface area contributed by atoms with Crippen LogP contribution in [0.5, 0.6) is 0 Å². The van der Waals surface area contributed by atoms with Crippen LogP contribution < -0.4 is 10.0 Å². The number of nitrogens with one attached hydrogen (secondary N) is 2. The van der Waals surface area contributed by atoms with Crippen molar-refractivity contribution in [2.45, 2.75) is 25.2 Å². The molecule has 2 aromatic carbocycles. The van der Waals surface area contributed by atoms with Crippen LogP contribution in [-0.2, 0) is 14.8 Å². The van der Waals surface area contributed by atoms with Crippen LogP contribution in [0.3, 0.4) is 0 Å². The van der Waals surface area contributed by atoms with E-state index in [-0.39, 0.29) is 10.8 Å². The number of halogens is 1. The van der Waals surface area contributed by atoms with Crippen molar-refractivity contribution in [3.8, 4) is 0 Å². The quantitative estimate of drug-likeness (QED) is 0.804. The average Bonchev–Trinajstić information content (AvgIpc) is 2.46. The lowest BCUT2D eigenvalue weighted by atomic mass is 10.2. The van der Waals surface area contributed by atoms with Gasteiger partial charge in [-0.3, -0.25) is 9.52 Å². The smallest absolute Gasteiger partial charge is 0.263 e. The van der Waals surface area contributed by atoms with E-state index in [1.807, 2.05) is 6.92 Å². The van der Waals surface area contributed by atoms with Crippen molar-refractivity contribution in [3.05, 3.63) is 52.5 Å². The van der Waals surface area contributed by atoms with Gasteiger partial charge in [0.05, 0.1) is 5.69 Å². The topological polar surface area (TPSA) is 75.3 Å². The molecular formula is C16H17BrN2O3S. The zero-order chi connectivity index (χ0) is 17.0. The number of sulfonamides is 1. The van der Waals surface area contributed by atoms with Crippen LogP contribution in [0.15, 0.2) is 51.8 Å². The lowest BCUT2D eigenvalue weighted by Gasteiger charge is -2.11. The number of hydrogen-bond acceptors (Lipinski definition) is 3. The second-order valence-corrected chi connectivity index (χ2v) is 7.53. The Hall–Kier alpha value is -1.86. The Balaban J connectivity index is 2.27. The minimum atomic E-state index is -3.72. The summed E-state index contributed by atoms with van der Waals surface area (Å²) in [5.74, 6) is -0.133. The number of aryl methyl sites for hydroxylation is 1. The van der Waals surface area contributed by atoms with E-state index in [9.17, 15) is 13.2 Å². The third-order valence-corrected chi connectivity index (χ3v) is 5.45. The molecule has 2 aromatic rings. The summed E-state index contributed by atoms with van der Waals surface area (Å²) in [4.78, 5) is 11.6. The molecular weight excluding hydrogens is 380 g/mol. The van der Waals surface area contributed by atoms with Gasteiger partial charge in [-0.2, -0.15) is 0 Å². The summed E-state index contributed by atoms with van der Waals surface area (Å²) in [6, 6.07) is 11.6. The molecule has 0 saturated heterocycles. The van der Waals surface area contributed by atoms with Crippen molar-refractivity contribution < 1.29 is 13.2 Å². The minimum Gasteiger partial charge on any atom is -0.326 e. The van der Waals surface area contributed by atoms with Gasteiger partial charge in [0.1, 0.15) is 4.90 Å². The molecule has 122 valence electrons. The summed E-state index contributed by atoms with van der Waals surface area (Å²) >= 11 is 3.28. The highest BCUT2D eigenvalue weighted by molar-refractivity contribution is 9.10. The Labute approximate surface area is 144 Å². The van der Waals surface area contributed by atoms with Gasteiger partial charge in [-0.1, -0.05) is 19.1 Å². The monoisotopic (exact) mass is 396 g/mol. The van der Waals surface area contributed by atoms with E-state index >= 15 is 0 Å². The minimum absolute atomic E-state index is 0.133. The molecule has 0 radical (unpaired) electrons. The van der Waals surface area contributed by atoms with Crippen LogP contribution in [0.2, 0.25) is 0 Å². The first kappa shape index (κ1) is 17.5. The third kappa shape index (κ3) is 4.56. The molecule has 0 bridgehead atoms. The highest BCUT2D eigenvalue weighted by atomic mass is 79.9. The van der Waals surface area contributed by atoms with Gasteiger partial charge in [0.25, 0.3) is 10.0 Å². The highest BCUT2D eigenvalue weighted by Gasteiger charge is 2.18. The molecule has 2 rings (SSSR count). The van der Waals surface area contributed by atoms with Gasteiger partial charge in [-0.25, -0.2) is 8.42 Å². The Bertz CT molecular complexity index is 835. The molecule has 5 nitrogen and oxygen atoms in total. The van der Waals surface area contributed by atoms with Gasteiger partial charge in [-0.05, 0) is 58.7 Å². The van der Waals surface area contributed by atoms with E-state index in [0.717, 1.165) is 5.56 Å². The molecule has 0 spiro atoms. The van der Waals surface area contributed by atoms with Gasteiger partial charge >= 0.3 is 0 Å².